The first kappa shape index (κ1) is 26.7. The lowest BCUT2D eigenvalue weighted by Gasteiger charge is -2.33. The fraction of sp³-hybridized carbons (Fsp3) is 0.708. The first-order valence-corrected chi connectivity index (χ1v) is 11.7. The van der Waals surface area contributed by atoms with Crippen LogP contribution in [0.25, 0.3) is 0 Å². The van der Waals surface area contributed by atoms with E-state index in [1.165, 1.54) is 6.07 Å². The summed E-state index contributed by atoms with van der Waals surface area (Å²) in [5.41, 5.74) is -2.51. The lowest BCUT2D eigenvalue weighted by molar-refractivity contribution is -0.137. The highest BCUT2D eigenvalue weighted by molar-refractivity contribution is 6.63. The molecule has 0 atom stereocenters. The highest BCUT2D eigenvalue weighted by Gasteiger charge is 2.53. The lowest BCUT2D eigenvalue weighted by atomic mass is 9.77. The minimum atomic E-state index is -4.49. The predicted octanol–water partition coefficient (Wildman–Crippen LogP) is 5.03. The number of hydrogen-bond donors (Lipinski definition) is 0. The molecule has 1 aromatic rings. The first-order chi connectivity index (χ1) is 15.5. The van der Waals surface area contributed by atoms with Crippen molar-refractivity contribution in [3.05, 3.63) is 23.8 Å². The average Bonchev–Trinajstić information content (AvgIpc) is 2.91. The number of amides is 1. The zero-order valence-corrected chi connectivity index (χ0v) is 21.0. The Bertz CT molecular complexity index is 874. The van der Waals surface area contributed by atoms with Crippen molar-refractivity contribution in [3.8, 4) is 5.75 Å². The Morgan fingerprint density at radius 2 is 1.65 bits per heavy atom. The molecule has 2 aliphatic heterocycles. The fourth-order valence-electron chi connectivity index (χ4n) is 3.83. The summed E-state index contributed by atoms with van der Waals surface area (Å²) in [5, 5.41) is 0. The first-order valence-electron chi connectivity index (χ1n) is 11.7. The number of carbonyl (C=O) groups is 1. The van der Waals surface area contributed by atoms with Crippen LogP contribution < -0.4 is 10.2 Å². The van der Waals surface area contributed by atoms with E-state index in [2.05, 4.69) is 0 Å². The average molecular weight is 485 g/mol. The quantitative estimate of drug-likeness (QED) is 0.560. The van der Waals surface area contributed by atoms with E-state index in [9.17, 15) is 18.0 Å². The highest BCUT2D eigenvalue weighted by atomic mass is 19.4. The van der Waals surface area contributed by atoms with Crippen molar-refractivity contribution >= 4 is 18.7 Å². The third-order valence-electron chi connectivity index (χ3n) is 6.59. The van der Waals surface area contributed by atoms with Crippen molar-refractivity contribution in [3.63, 3.8) is 0 Å². The summed E-state index contributed by atoms with van der Waals surface area (Å²) in [6.45, 7) is 14.3. The van der Waals surface area contributed by atoms with Gasteiger partial charge in [0.25, 0.3) is 0 Å². The monoisotopic (exact) mass is 485 g/mol. The van der Waals surface area contributed by atoms with Crippen molar-refractivity contribution < 1.29 is 36.7 Å². The predicted molar refractivity (Wildman–Crippen MR) is 123 cm³/mol. The molecule has 2 fully saturated rings. The minimum absolute atomic E-state index is 0.159. The van der Waals surface area contributed by atoms with Gasteiger partial charge < -0.3 is 23.7 Å². The maximum atomic E-state index is 13.4. The highest BCUT2D eigenvalue weighted by Crippen LogP contribution is 2.38. The van der Waals surface area contributed by atoms with Gasteiger partial charge in [0.1, 0.15) is 11.4 Å². The number of nitrogens with zero attached hydrogens (tertiary/aromatic N) is 1. The van der Waals surface area contributed by atoms with Crippen molar-refractivity contribution in [1.29, 1.82) is 0 Å². The number of ether oxygens (including phenoxy) is 2. The SMILES string of the molecule is CC(C)(C)OC(=O)N1CCC(COc2ccc(C(F)(F)F)cc2B2OC(C)(C)C(C)(C)O2)CC1. The summed E-state index contributed by atoms with van der Waals surface area (Å²) in [5.74, 6) is 0.466. The maximum absolute atomic E-state index is 13.4. The molecular weight excluding hydrogens is 450 g/mol. The Morgan fingerprint density at radius 1 is 1.09 bits per heavy atom. The molecule has 6 nitrogen and oxygen atoms in total. The Balaban J connectivity index is 1.69. The van der Waals surface area contributed by atoms with E-state index >= 15 is 0 Å². The van der Waals surface area contributed by atoms with Crippen LogP contribution in [0.3, 0.4) is 0 Å². The molecule has 0 unspecified atom stereocenters. The summed E-state index contributed by atoms with van der Waals surface area (Å²) in [7, 11) is -0.976. The van der Waals surface area contributed by atoms with Crippen LogP contribution in [0.4, 0.5) is 18.0 Å². The molecule has 0 spiro atoms. The molecule has 0 radical (unpaired) electrons. The Hall–Kier alpha value is -1.94. The Labute approximate surface area is 200 Å². The molecule has 0 aliphatic carbocycles. The summed E-state index contributed by atoms with van der Waals surface area (Å²) in [6.07, 6.45) is -3.40. The van der Waals surface area contributed by atoms with E-state index in [4.69, 9.17) is 18.8 Å². The number of carbonyl (C=O) groups excluding carboxylic acids is 1. The van der Waals surface area contributed by atoms with Gasteiger partial charge in [-0.25, -0.2) is 4.79 Å². The van der Waals surface area contributed by atoms with Crippen molar-refractivity contribution in [1.82, 2.24) is 4.90 Å². The normalized spacial score (nSPS) is 21.0. The third-order valence-corrected chi connectivity index (χ3v) is 6.59. The number of alkyl halides is 3. The standard InChI is InChI=1S/C24H35BF3NO5/c1-21(2,3)32-20(30)29-12-10-16(11-13-29)15-31-19-9-8-17(24(26,27)28)14-18(19)25-33-22(4,5)23(6,7)34-25/h8-9,14,16H,10-13,15H2,1-7H3. The zero-order valence-electron chi connectivity index (χ0n) is 21.0. The van der Waals surface area contributed by atoms with Gasteiger partial charge in [-0.15, -0.1) is 0 Å². The van der Waals surface area contributed by atoms with Gasteiger partial charge in [0.15, 0.2) is 0 Å². The van der Waals surface area contributed by atoms with Crippen molar-refractivity contribution in [2.75, 3.05) is 19.7 Å². The molecule has 34 heavy (non-hydrogen) atoms. The summed E-state index contributed by atoms with van der Waals surface area (Å²) in [6, 6.07) is 3.39. The molecule has 190 valence electrons. The van der Waals surface area contributed by atoms with Crippen LogP contribution >= 0.6 is 0 Å². The minimum Gasteiger partial charge on any atom is -0.494 e. The van der Waals surface area contributed by atoms with E-state index in [-0.39, 0.29) is 17.5 Å². The number of hydrogen-bond acceptors (Lipinski definition) is 5. The lowest BCUT2D eigenvalue weighted by Crippen LogP contribution is -2.42. The molecule has 0 aromatic heterocycles. The molecule has 2 heterocycles. The van der Waals surface area contributed by atoms with E-state index in [0.29, 0.717) is 38.3 Å². The second-order valence-corrected chi connectivity index (χ2v) is 11.1. The van der Waals surface area contributed by atoms with E-state index in [1.54, 1.807) is 4.90 Å². The van der Waals surface area contributed by atoms with E-state index in [0.717, 1.165) is 12.1 Å². The Morgan fingerprint density at radius 3 is 2.15 bits per heavy atom. The van der Waals surface area contributed by atoms with Crippen molar-refractivity contribution in [2.24, 2.45) is 5.92 Å². The van der Waals surface area contributed by atoms with Gasteiger partial charge in [0, 0.05) is 18.6 Å². The second-order valence-electron chi connectivity index (χ2n) is 11.1. The van der Waals surface area contributed by atoms with Gasteiger partial charge in [-0.05, 0) is 85.4 Å². The molecular formula is C24H35BF3NO5. The fourth-order valence-corrected chi connectivity index (χ4v) is 3.83. The maximum Gasteiger partial charge on any atom is 0.498 e. The molecule has 10 heteroatoms. The van der Waals surface area contributed by atoms with E-state index < -0.39 is 35.7 Å². The van der Waals surface area contributed by atoms with Crippen LogP contribution in [-0.2, 0) is 20.2 Å². The molecule has 0 bridgehead atoms. The van der Waals surface area contributed by atoms with Crippen LogP contribution in [0.2, 0.25) is 0 Å². The smallest absolute Gasteiger partial charge is 0.494 e. The molecule has 1 aromatic carbocycles. The summed E-state index contributed by atoms with van der Waals surface area (Å²) < 4.78 is 63.7. The summed E-state index contributed by atoms with van der Waals surface area (Å²) in [4.78, 5) is 13.9. The molecule has 1 amide bonds. The van der Waals surface area contributed by atoms with Gasteiger partial charge in [0.2, 0.25) is 0 Å². The van der Waals surface area contributed by atoms with E-state index in [1.807, 2.05) is 48.5 Å². The van der Waals surface area contributed by atoms with Crippen LogP contribution in [0.15, 0.2) is 18.2 Å². The van der Waals surface area contributed by atoms with Crippen LogP contribution in [-0.4, -0.2) is 54.6 Å². The third kappa shape index (κ3) is 6.19. The van der Waals surface area contributed by atoms with Crippen molar-refractivity contribution in [2.45, 2.75) is 84.3 Å². The number of benzene rings is 1. The molecule has 2 aliphatic rings. The van der Waals surface area contributed by atoms with Gasteiger partial charge >= 0.3 is 19.4 Å². The Kier molecular flexibility index (Phi) is 7.26. The topological polar surface area (TPSA) is 57.2 Å². The zero-order chi connectivity index (χ0) is 25.5. The molecule has 0 saturated carbocycles. The summed E-state index contributed by atoms with van der Waals surface area (Å²) >= 11 is 0. The molecule has 0 N–H and O–H groups in total. The second kappa shape index (κ2) is 9.26. The molecule has 2 saturated heterocycles. The number of piperidine rings is 1. The molecule has 3 rings (SSSR count). The van der Waals surface area contributed by atoms with Crippen LogP contribution in [0, 0.1) is 5.92 Å². The van der Waals surface area contributed by atoms with Gasteiger partial charge in [-0.1, -0.05) is 0 Å². The van der Waals surface area contributed by atoms with Crippen LogP contribution in [0.5, 0.6) is 5.75 Å². The van der Waals surface area contributed by atoms with Gasteiger partial charge in [0.05, 0.1) is 23.4 Å². The number of halogens is 3. The largest absolute Gasteiger partial charge is 0.498 e. The van der Waals surface area contributed by atoms with Gasteiger partial charge in [-0.3, -0.25) is 0 Å². The number of likely N-dealkylation sites (tertiary alicyclic amines) is 1. The van der Waals surface area contributed by atoms with Crippen LogP contribution in [0.1, 0.15) is 66.9 Å². The van der Waals surface area contributed by atoms with Gasteiger partial charge in [-0.2, -0.15) is 13.2 Å². The number of rotatable bonds is 4.